The Bertz CT molecular complexity index is 450. The van der Waals surface area contributed by atoms with E-state index in [1.54, 1.807) is 6.07 Å². The maximum Gasteiger partial charge on any atom is 0.127 e. The molecule has 0 amide bonds. The number of nitriles is 1. The molecule has 2 rings (SSSR count). The molecule has 1 N–H and O–H groups in total. The Balaban J connectivity index is 1.99. The van der Waals surface area contributed by atoms with Crippen LogP contribution in [0.2, 0.25) is 0 Å². The summed E-state index contributed by atoms with van der Waals surface area (Å²) in [6.07, 6.45) is 4.97. The van der Waals surface area contributed by atoms with Gasteiger partial charge in [0, 0.05) is 18.2 Å². The zero-order valence-electron chi connectivity index (χ0n) is 10.7. The normalized spacial score (nSPS) is 23.6. The van der Waals surface area contributed by atoms with Gasteiger partial charge in [0.1, 0.15) is 5.82 Å². The Kier molecular flexibility index (Phi) is 4.33. The van der Waals surface area contributed by atoms with Gasteiger partial charge in [-0.3, -0.25) is 0 Å². The van der Waals surface area contributed by atoms with E-state index in [2.05, 4.69) is 12.2 Å². The van der Waals surface area contributed by atoms with Crippen LogP contribution in [-0.4, -0.2) is 6.04 Å². The number of hydrogen-bond donors (Lipinski definition) is 1. The molecule has 1 aliphatic carbocycles. The first-order chi connectivity index (χ1) is 8.70. The maximum absolute atomic E-state index is 13.6. The highest BCUT2D eigenvalue weighted by molar-refractivity contribution is 5.33. The summed E-state index contributed by atoms with van der Waals surface area (Å²) in [5.41, 5.74) is 1.11. The number of benzene rings is 1. The average molecular weight is 246 g/mol. The Morgan fingerprint density at radius 1 is 1.39 bits per heavy atom. The van der Waals surface area contributed by atoms with Crippen molar-refractivity contribution in [1.29, 1.82) is 5.26 Å². The molecule has 0 spiro atoms. The molecule has 1 aliphatic rings. The van der Waals surface area contributed by atoms with Gasteiger partial charge in [-0.2, -0.15) is 5.26 Å². The molecule has 1 aromatic rings. The fourth-order valence-corrected chi connectivity index (χ4v) is 2.64. The van der Waals surface area contributed by atoms with Gasteiger partial charge in [0.25, 0.3) is 0 Å². The van der Waals surface area contributed by atoms with E-state index in [0.29, 0.717) is 29.6 Å². The molecule has 18 heavy (non-hydrogen) atoms. The molecule has 1 saturated carbocycles. The van der Waals surface area contributed by atoms with Crippen LogP contribution >= 0.6 is 0 Å². The predicted molar refractivity (Wildman–Crippen MR) is 69.4 cm³/mol. The summed E-state index contributed by atoms with van der Waals surface area (Å²) in [4.78, 5) is 0. The summed E-state index contributed by atoms with van der Waals surface area (Å²) < 4.78 is 13.6. The molecule has 2 atom stereocenters. The smallest absolute Gasteiger partial charge is 0.127 e. The highest BCUT2D eigenvalue weighted by Crippen LogP contribution is 2.24. The maximum atomic E-state index is 13.6. The van der Waals surface area contributed by atoms with Gasteiger partial charge < -0.3 is 5.32 Å². The van der Waals surface area contributed by atoms with Crippen LogP contribution in [0.1, 0.15) is 43.7 Å². The largest absolute Gasteiger partial charge is 0.310 e. The second kappa shape index (κ2) is 5.97. The topological polar surface area (TPSA) is 35.8 Å². The van der Waals surface area contributed by atoms with Crippen LogP contribution in [0.15, 0.2) is 18.2 Å². The van der Waals surface area contributed by atoms with E-state index in [4.69, 9.17) is 5.26 Å². The second-order valence-corrected chi connectivity index (χ2v) is 5.17. The summed E-state index contributed by atoms with van der Waals surface area (Å²) in [7, 11) is 0. The molecule has 2 unspecified atom stereocenters. The number of rotatable bonds is 3. The molecule has 2 nitrogen and oxygen atoms in total. The van der Waals surface area contributed by atoms with Crippen molar-refractivity contribution in [3.05, 3.63) is 35.1 Å². The van der Waals surface area contributed by atoms with E-state index in [9.17, 15) is 4.39 Å². The molecule has 96 valence electrons. The van der Waals surface area contributed by atoms with Gasteiger partial charge in [0.15, 0.2) is 0 Å². The van der Waals surface area contributed by atoms with Crippen molar-refractivity contribution in [1.82, 2.24) is 5.32 Å². The fraction of sp³-hybridized carbons (Fsp3) is 0.533. The van der Waals surface area contributed by atoms with Gasteiger partial charge in [-0.1, -0.05) is 19.8 Å². The summed E-state index contributed by atoms with van der Waals surface area (Å²) in [5, 5.41) is 12.2. The molecular weight excluding hydrogens is 227 g/mol. The zero-order chi connectivity index (χ0) is 13.0. The van der Waals surface area contributed by atoms with Crippen LogP contribution in [-0.2, 0) is 6.54 Å². The van der Waals surface area contributed by atoms with Crippen molar-refractivity contribution >= 4 is 0 Å². The lowest BCUT2D eigenvalue weighted by molar-refractivity contribution is 0.278. The Labute approximate surface area is 108 Å². The Hall–Kier alpha value is -1.40. The van der Waals surface area contributed by atoms with Crippen LogP contribution in [0, 0.1) is 23.1 Å². The Morgan fingerprint density at radius 3 is 2.89 bits per heavy atom. The predicted octanol–water partition coefficient (Wildman–Crippen LogP) is 3.37. The van der Waals surface area contributed by atoms with Crippen molar-refractivity contribution in [2.45, 2.75) is 45.2 Å². The van der Waals surface area contributed by atoms with Crippen molar-refractivity contribution in [3.8, 4) is 6.07 Å². The van der Waals surface area contributed by atoms with E-state index in [0.717, 1.165) is 0 Å². The van der Waals surface area contributed by atoms with Gasteiger partial charge in [-0.15, -0.1) is 0 Å². The van der Waals surface area contributed by atoms with Crippen molar-refractivity contribution < 1.29 is 4.39 Å². The van der Waals surface area contributed by atoms with E-state index in [1.165, 1.54) is 37.8 Å². The summed E-state index contributed by atoms with van der Waals surface area (Å²) >= 11 is 0. The van der Waals surface area contributed by atoms with Gasteiger partial charge >= 0.3 is 0 Å². The number of nitrogens with one attached hydrogen (secondary N) is 1. The van der Waals surface area contributed by atoms with Crippen molar-refractivity contribution in [3.63, 3.8) is 0 Å². The highest BCUT2D eigenvalue weighted by Gasteiger charge is 2.20. The highest BCUT2D eigenvalue weighted by atomic mass is 19.1. The zero-order valence-corrected chi connectivity index (χ0v) is 10.7. The van der Waals surface area contributed by atoms with Crippen molar-refractivity contribution in [2.24, 2.45) is 5.92 Å². The number of nitrogens with zero attached hydrogens (tertiary/aromatic N) is 1. The SMILES string of the molecule is CC1CCCCC1NCc1cc(C#N)ccc1F. The minimum Gasteiger partial charge on any atom is -0.310 e. The summed E-state index contributed by atoms with van der Waals surface area (Å²) in [6.45, 7) is 2.76. The van der Waals surface area contributed by atoms with E-state index in [-0.39, 0.29) is 5.82 Å². The van der Waals surface area contributed by atoms with E-state index in [1.807, 2.05) is 6.07 Å². The average Bonchev–Trinajstić information content (AvgIpc) is 2.39. The van der Waals surface area contributed by atoms with Crippen molar-refractivity contribution in [2.75, 3.05) is 0 Å². The van der Waals surface area contributed by atoms with Crippen LogP contribution < -0.4 is 5.32 Å². The molecule has 0 aliphatic heterocycles. The van der Waals surface area contributed by atoms with Gasteiger partial charge in [-0.05, 0) is 37.0 Å². The monoisotopic (exact) mass is 246 g/mol. The molecule has 0 radical (unpaired) electrons. The lowest BCUT2D eigenvalue weighted by Crippen LogP contribution is -2.36. The van der Waals surface area contributed by atoms with E-state index >= 15 is 0 Å². The summed E-state index contributed by atoms with van der Waals surface area (Å²) in [6, 6.07) is 7.05. The minimum atomic E-state index is -0.232. The third-order valence-corrected chi connectivity index (χ3v) is 3.84. The molecule has 3 heteroatoms. The summed E-state index contributed by atoms with van der Waals surface area (Å²) in [5.74, 6) is 0.422. The first-order valence-corrected chi connectivity index (χ1v) is 6.62. The van der Waals surface area contributed by atoms with Gasteiger partial charge in [0.2, 0.25) is 0 Å². The van der Waals surface area contributed by atoms with Gasteiger partial charge in [0.05, 0.1) is 11.6 Å². The van der Waals surface area contributed by atoms with Gasteiger partial charge in [-0.25, -0.2) is 4.39 Å². The van der Waals surface area contributed by atoms with Crippen LogP contribution in [0.4, 0.5) is 4.39 Å². The minimum absolute atomic E-state index is 0.232. The fourth-order valence-electron chi connectivity index (χ4n) is 2.64. The number of hydrogen-bond acceptors (Lipinski definition) is 2. The number of halogens is 1. The van der Waals surface area contributed by atoms with Crippen LogP contribution in [0.3, 0.4) is 0 Å². The standard InChI is InChI=1S/C15H19FN2/c1-11-4-2-3-5-15(11)18-10-13-8-12(9-17)6-7-14(13)16/h6-8,11,15,18H,2-5,10H2,1H3. The van der Waals surface area contributed by atoms with Crippen LogP contribution in [0.5, 0.6) is 0 Å². The third-order valence-electron chi connectivity index (χ3n) is 3.84. The molecule has 0 aromatic heterocycles. The first-order valence-electron chi connectivity index (χ1n) is 6.62. The molecule has 0 bridgehead atoms. The molecule has 0 saturated heterocycles. The molecular formula is C15H19FN2. The quantitative estimate of drug-likeness (QED) is 0.887. The third kappa shape index (κ3) is 3.08. The second-order valence-electron chi connectivity index (χ2n) is 5.17. The lowest BCUT2D eigenvalue weighted by atomic mass is 9.86. The Morgan fingerprint density at radius 2 is 2.17 bits per heavy atom. The molecule has 0 heterocycles. The molecule has 1 fully saturated rings. The first kappa shape index (κ1) is 13.0. The van der Waals surface area contributed by atoms with E-state index < -0.39 is 0 Å². The lowest BCUT2D eigenvalue weighted by Gasteiger charge is -2.29. The molecule has 1 aromatic carbocycles. The van der Waals surface area contributed by atoms with Crippen LogP contribution in [0.25, 0.3) is 0 Å².